The zero-order chi connectivity index (χ0) is 22.4. The summed E-state index contributed by atoms with van der Waals surface area (Å²) in [4.78, 5) is 28.3. The third-order valence-electron chi connectivity index (χ3n) is 6.11. The number of carbonyl (C=O) groups excluding carboxylic acids is 2. The van der Waals surface area contributed by atoms with Crippen LogP contribution in [0.5, 0.6) is 0 Å². The smallest absolute Gasteiger partial charge is 0.252 e. The average molecular weight is 422 g/mol. The number of nitrogens with one attached hydrogen (secondary N) is 2. The van der Waals surface area contributed by atoms with Crippen LogP contribution < -0.4 is 10.6 Å². The summed E-state index contributed by atoms with van der Waals surface area (Å²) in [5.74, 6) is 0.0191. The molecular formula is C26H35N3O2. The van der Waals surface area contributed by atoms with Crippen molar-refractivity contribution in [3.05, 3.63) is 71.3 Å². The molecule has 0 spiro atoms. The van der Waals surface area contributed by atoms with Crippen LogP contribution in [0.3, 0.4) is 0 Å². The number of carbonyl (C=O) groups is 2. The van der Waals surface area contributed by atoms with Crippen molar-refractivity contribution in [1.29, 1.82) is 0 Å². The molecule has 2 aromatic rings. The Morgan fingerprint density at radius 2 is 1.71 bits per heavy atom. The van der Waals surface area contributed by atoms with Gasteiger partial charge in [-0.1, -0.05) is 62.4 Å². The van der Waals surface area contributed by atoms with E-state index in [1.807, 2.05) is 31.2 Å². The molecule has 3 unspecified atom stereocenters. The van der Waals surface area contributed by atoms with Gasteiger partial charge in [0.05, 0.1) is 0 Å². The molecule has 1 aliphatic rings. The highest BCUT2D eigenvalue weighted by atomic mass is 16.2. The standard InChI is InChI=1S/C26H35N3O2/c1-18(2)16-24(28-25(30)23-13-9-8-10-19(23)3)26(31)27-22-14-15-29(17-22)20(4)21-11-6-5-7-12-21/h5-13,18,20,22,24H,14-17H2,1-4H3,(H,27,31)(H,28,30). The van der Waals surface area contributed by atoms with Crippen molar-refractivity contribution in [2.45, 2.75) is 58.7 Å². The highest BCUT2D eigenvalue weighted by Crippen LogP contribution is 2.24. The van der Waals surface area contributed by atoms with E-state index < -0.39 is 6.04 Å². The molecule has 3 atom stereocenters. The molecule has 0 aliphatic carbocycles. The predicted molar refractivity (Wildman–Crippen MR) is 125 cm³/mol. The summed E-state index contributed by atoms with van der Waals surface area (Å²) < 4.78 is 0. The SMILES string of the molecule is Cc1ccccc1C(=O)NC(CC(C)C)C(=O)NC1CCN(C(C)c2ccccc2)C1. The molecule has 1 saturated heterocycles. The van der Waals surface area contributed by atoms with Gasteiger partial charge in [0, 0.05) is 30.7 Å². The first-order chi connectivity index (χ1) is 14.8. The summed E-state index contributed by atoms with van der Waals surface area (Å²) in [6, 6.07) is 17.8. The fourth-order valence-corrected chi connectivity index (χ4v) is 4.27. The predicted octanol–water partition coefficient (Wildman–Crippen LogP) is 4.09. The second-order valence-electron chi connectivity index (χ2n) is 9.05. The Balaban J connectivity index is 1.60. The first kappa shape index (κ1) is 23.0. The second kappa shape index (κ2) is 10.6. The summed E-state index contributed by atoms with van der Waals surface area (Å²) in [6.45, 7) is 10.0. The summed E-state index contributed by atoms with van der Waals surface area (Å²) in [5.41, 5.74) is 2.82. The number of benzene rings is 2. The third-order valence-corrected chi connectivity index (χ3v) is 6.11. The van der Waals surface area contributed by atoms with Gasteiger partial charge in [-0.25, -0.2) is 0 Å². The van der Waals surface area contributed by atoms with E-state index >= 15 is 0 Å². The molecule has 2 aromatic carbocycles. The number of rotatable bonds is 8. The first-order valence-corrected chi connectivity index (χ1v) is 11.3. The van der Waals surface area contributed by atoms with Gasteiger partial charge in [-0.05, 0) is 49.8 Å². The Hall–Kier alpha value is -2.66. The summed E-state index contributed by atoms with van der Waals surface area (Å²) in [7, 11) is 0. The molecule has 1 fully saturated rings. The fourth-order valence-electron chi connectivity index (χ4n) is 4.27. The van der Waals surface area contributed by atoms with Crippen LogP contribution in [0.15, 0.2) is 54.6 Å². The first-order valence-electron chi connectivity index (χ1n) is 11.3. The molecule has 5 heteroatoms. The molecule has 1 aliphatic heterocycles. The van der Waals surface area contributed by atoms with Crippen molar-refractivity contribution in [3.63, 3.8) is 0 Å². The highest BCUT2D eigenvalue weighted by molar-refractivity contribution is 5.98. The number of likely N-dealkylation sites (tertiary alicyclic amines) is 1. The fraction of sp³-hybridized carbons (Fsp3) is 0.462. The maximum atomic E-state index is 13.1. The summed E-state index contributed by atoms with van der Waals surface area (Å²) in [6.07, 6.45) is 1.53. The number of nitrogens with zero attached hydrogens (tertiary/aromatic N) is 1. The summed E-state index contributed by atoms with van der Waals surface area (Å²) in [5, 5.41) is 6.17. The van der Waals surface area contributed by atoms with E-state index in [-0.39, 0.29) is 17.9 Å². The van der Waals surface area contributed by atoms with Crippen molar-refractivity contribution in [2.24, 2.45) is 5.92 Å². The topological polar surface area (TPSA) is 61.4 Å². The van der Waals surface area contributed by atoms with E-state index in [4.69, 9.17) is 0 Å². The van der Waals surface area contributed by atoms with E-state index in [0.717, 1.165) is 25.1 Å². The van der Waals surface area contributed by atoms with Gasteiger partial charge in [0.1, 0.15) is 6.04 Å². The van der Waals surface area contributed by atoms with Crippen LogP contribution in [0.1, 0.15) is 61.1 Å². The van der Waals surface area contributed by atoms with Gasteiger partial charge in [-0.2, -0.15) is 0 Å². The molecule has 0 bridgehead atoms. The highest BCUT2D eigenvalue weighted by Gasteiger charge is 2.30. The third kappa shape index (κ3) is 6.17. The zero-order valence-electron chi connectivity index (χ0n) is 19.1. The van der Waals surface area contributed by atoms with Crippen LogP contribution in [0.25, 0.3) is 0 Å². The maximum Gasteiger partial charge on any atom is 0.252 e. The Morgan fingerprint density at radius 3 is 2.39 bits per heavy atom. The molecule has 2 N–H and O–H groups in total. The molecular weight excluding hydrogens is 386 g/mol. The lowest BCUT2D eigenvalue weighted by atomic mass is 10.0. The molecule has 31 heavy (non-hydrogen) atoms. The largest absolute Gasteiger partial charge is 0.350 e. The minimum absolute atomic E-state index is 0.0881. The molecule has 0 saturated carbocycles. The van der Waals surface area contributed by atoms with Crippen LogP contribution in [-0.2, 0) is 4.79 Å². The van der Waals surface area contributed by atoms with Gasteiger partial charge in [0.25, 0.3) is 5.91 Å². The van der Waals surface area contributed by atoms with E-state index in [9.17, 15) is 9.59 Å². The van der Waals surface area contributed by atoms with Gasteiger partial charge >= 0.3 is 0 Å². The number of amides is 2. The van der Waals surface area contributed by atoms with E-state index in [0.29, 0.717) is 23.9 Å². The Kier molecular flexibility index (Phi) is 7.85. The van der Waals surface area contributed by atoms with Gasteiger partial charge in [0.2, 0.25) is 5.91 Å². The van der Waals surface area contributed by atoms with Crippen LogP contribution in [0, 0.1) is 12.8 Å². The zero-order valence-corrected chi connectivity index (χ0v) is 19.1. The van der Waals surface area contributed by atoms with Crippen molar-refractivity contribution >= 4 is 11.8 Å². The van der Waals surface area contributed by atoms with E-state index in [1.54, 1.807) is 6.07 Å². The van der Waals surface area contributed by atoms with E-state index in [2.05, 4.69) is 60.6 Å². The van der Waals surface area contributed by atoms with Gasteiger partial charge in [-0.3, -0.25) is 14.5 Å². The van der Waals surface area contributed by atoms with Gasteiger partial charge in [-0.15, -0.1) is 0 Å². The Bertz CT molecular complexity index is 881. The Morgan fingerprint density at radius 1 is 1.03 bits per heavy atom. The second-order valence-corrected chi connectivity index (χ2v) is 9.05. The van der Waals surface area contributed by atoms with Crippen LogP contribution in [-0.4, -0.2) is 41.9 Å². The van der Waals surface area contributed by atoms with Crippen LogP contribution >= 0.6 is 0 Å². The van der Waals surface area contributed by atoms with Crippen LogP contribution in [0.4, 0.5) is 0 Å². The normalized spacial score (nSPS) is 18.5. The molecule has 0 aromatic heterocycles. The lowest BCUT2D eigenvalue weighted by Gasteiger charge is -2.26. The molecule has 166 valence electrons. The number of hydrogen-bond acceptors (Lipinski definition) is 3. The van der Waals surface area contributed by atoms with Gasteiger partial charge < -0.3 is 10.6 Å². The lowest BCUT2D eigenvalue weighted by Crippen LogP contribution is -2.50. The van der Waals surface area contributed by atoms with E-state index in [1.165, 1.54) is 5.56 Å². The van der Waals surface area contributed by atoms with Crippen LogP contribution in [0.2, 0.25) is 0 Å². The average Bonchev–Trinajstić information content (AvgIpc) is 3.21. The molecule has 2 amide bonds. The maximum absolute atomic E-state index is 13.1. The van der Waals surface area contributed by atoms with Crippen molar-refractivity contribution < 1.29 is 9.59 Å². The number of hydrogen-bond donors (Lipinski definition) is 2. The molecule has 0 radical (unpaired) electrons. The Labute approximate surface area is 186 Å². The van der Waals surface area contributed by atoms with Crippen molar-refractivity contribution in [3.8, 4) is 0 Å². The summed E-state index contributed by atoms with van der Waals surface area (Å²) >= 11 is 0. The lowest BCUT2D eigenvalue weighted by molar-refractivity contribution is -0.124. The molecule has 1 heterocycles. The minimum atomic E-state index is -0.535. The monoisotopic (exact) mass is 421 g/mol. The molecule has 3 rings (SSSR count). The number of aryl methyl sites for hydroxylation is 1. The van der Waals surface area contributed by atoms with Crippen molar-refractivity contribution in [2.75, 3.05) is 13.1 Å². The van der Waals surface area contributed by atoms with Crippen molar-refractivity contribution in [1.82, 2.24) is 15.5 Å². The van der Waals surface area contributed by atoms with Gasteiger partial charge in [0.15, 0.2) is 0 Å². The minimum Gasteiger partial charge on any atom is -0.350 e. The quantitative estimate of drug-likeness (QED) is 0.675. The molecule has 5 nitrogen and oxygen atoms in total.